The minimum Gasteiger partial charge on any atom is -0.379 e. The van der Waals surface area contributed by atoms with E-state index in [0.717, 1.165) is 50.5 Å². The number of pyridine rings is 2. The molecule has 1 saturated heterocycles. The fraction of sp³-hybridized carbons (Fsp3) is 0.320. The molecule has 1 aliphatic rings. The molecule has 0 spiro atoms. The van der Waals surface area contributed by atoms with Crippen LogP contribution in [0.15, 0.2) is 54.9 Å². The molecule has 1 aliphatic heterocycles. The van der Waals surface area contributed by atoms with E-state index >= 15 is 0 Å². The molecule has 1 aromatic carbocycles. The number of hydrogen-bond acceptors (Lipinski definition) is 7. The van der Waals surface area contributed by atoms with Crippen molar-refractivity contribution in [2.45, 2.75) is 13.5 Å². The van der Waals surface area contributed by atoms with Crippen LogP contribution in [0.2, 0.25) is 5.02 Å². The summed E-state index contributed by atoms with van der Waals surface area (Å²) in [5.41, 5.74) is 3.08. The first-order chi connectivity index (χ1) is 16.6. The maximum atomic E-state index is 13.1. The van der Waals surface area contributed by atoms with E-state index in [1.807, 2.05) is 31.2 Å². The van der Waals surface area contributed by atoms with Crippen LogP contribution in [0.1, 0.15) is 21.5 Å². The van der Waals surface area contributed by atoms with Crippen molar-refractivity contribution in [2.75, 3.05) is 55.3 Å². The number of amides is 1. The molecule has 4 rings (SSSR count). The second-order valence-electron chi connectivity index (χ2n) is 8.10. The Balaban J connectivity index is 1.47. The van der Waals surface area contributed by atoms with Gasteiger partial charge in [-0.15, -0.1) is 0 Å². The third kappa shape index (κ3) is 6.66. The highest BCUT2D eigenvalue weighted by Crippen LogP contribution is 2.22. The molecule has 0 saturated carbocycles. The fourth-order valence-electron chi connectivity index (χ4n) is 3.65. The van der Waals surface area contributed by atoms with Crippen LogP contribution >= 0.6 is 11.6 Å². The standard InChI is InChI=1S/C25H29ClN6O2/c1-18-16-20(2-4-22(18)26)30-25(33)21-3-5-23(28-10-11-32-12-14-34-15-13-32)31-24(21)29-17-19-6-8-27-9-7-19/h2-9,16H,10-15,17H2,1H3,(H,30,33)(H2,28,29,31). The summed E-state index contributed by atoms with van der Waals surface area (Å²) in [5, 5.41) is 10.3. The van der Waals surface area contributed by atoms with Crippen molar-refractivity contribution >= 4 is 34.8 Å². The van der Waals surface area contributed by atoms with Crippen LogP contribution in [-0.2, 0) is 11.3 Å². The third-order valence-corrected chi connectivity index (χ3v) is 6.03. The van der Waals surface area contributed by atoms with Crippen molar-refractivity contribution < 1.29 is 9.53 Å². The molecule has 0 radical (unpaired) electrons. The van der Waals surface area contributed by atoms with Gasteiger partial charge in [0.15, 0.2) is 0 Å². The molecule has 178 valence electrons. The van der Waals surface area contributed by atoms with E-state index in [-0.39, 0.29) is 5.91 Å². The molecule has 3 aromatic rings. The summed E-state index contributed by atoms with van der Waals surface area (Å²) in [6, 6.07) is 12.9. The van der Waals surface area contributed by atoms with Gasteiger partial charge in [0, 0.05) is 55.8 Å². The van der Waals surface area contributed by atoms with Gasteiger partial charge in [0.25, 0.3) is 5.91 Å². The van der Waals surface area contributed by atoms with Gasteiger partial charge >= 0.3 is 0 Å². The minimum atomic E-state index is -0.244. The maximum absolute atomic E-state index is 13.1. The summed E-state index contributed by atoms with van der Waals surface area (Å²) in [7, 11) is 0. The van der Waals surface area contributed by atoms with Gasteiger partial charge in [-0.1, -0.05) is 11.6 Å². The van der Waals surface area contributed by atoms with Gasteiger partial charge in [0.1, 0.15) is 11.6 Å². The first kappa shape index (κ1) is 23.9. The van der Waals surface area contributed by atoms with Gasteiger partial charge in [-0.25, -0.2) is 4.98 Å². The number of halogens is 1. The van der Waals surface area contributed by atoms with E-state index in [0.29, 0.717) is 34.5 Å². The van der Waals surface area contributed by atoms with E-state index in [4.69, 9.17) is 21.3 Å². The highest BCUT2D eigenvalue weighted by atomic mass is 35.5. The molecule has 2 aromatic heterocycles. The number of aryl methyl sites for hydroxylation is 1. The smallest absolute Gasteiger partial charge is 0.259 e. The molecule has 0 bridgehead atoms. The third-order valence-electron chi connectivity index (χ3n) is 5.60. The predicted octanol–water partition coefficient (Wildman–Crippen LogP) is 4.05. The topological polar surface area (TPSA) is 91.4 Å². The Bertz CT molecular complexity index is 1110. The lowest BCUT2D eigenvalue weighted by molar-refractivity contribution is 0.0398. The molecule has 1 fully saturated rings. The van der Waals surface area contributed by atoms with Gasteiger partial charge < -0.3 is 20.7 Å². The number of benzene rings is 1. The quantitative estimate of drug-likeness (QED) is 0.425. The molecular weight excluding hydrogens is 452 g/mol. The number of nitrogens with zero attached hydrogens (tertiary/aromatic N) is 3. The summed E-state index contributed by atoms with van der Waals surface area (Å²) in [6.45, 7) is 7.52. The summed E-state index contributed by atoms with van der Waals surface area (Å²) in [6.07, 6.45) is 3.48. The largest absolute Gasteiger partial charge is 0.379 e. The zero-order valence-corrected chi connectivity index (χ0v) is 19.9. The monoisotopic (exact) mass is 480 g/mol. The lowest BCUT2D eigenvalue weighted by atomic mass is 10.2. The van der Waals surface area contributed by atoms with E-state index in [9.17, 15) is 4.79 Å². The van der Waals surface area contributed by atoms with Crippen molar-refractivity contribution in [2.24, 2.45) is 0 Å². The molecule has 34 heavy (non-hydrogen) atoms. The molecule has 3 N–H and O–H groups in total. The number of carbonyl (C=O) groups is 1. The number of anilines is 3. The Morgan fingerprint density at radius 2 is 1.88 bits per heavy atom. The molecule has 0 unspecified atom stereocenters. The van der Waals surface area contributed by atoms with Crippen molar-refractivity contribution in [3.63, 3.8) is 0 Å². The SMILES string of the molecule is Cc1cc(NC(=O)c2ccc(NCCN3CCOCC3)nc2NCc2ccncc2)ccc1Cl. The number of hydrogen-bond donors (Lipinski definition) is 3. The lowest BCUT2D eigenvalue weighted by Crippen LogP contribution is -2.39. The van der Waals surface area contributed by atoms with E-state index in [1.165, 1.54) is 0 Å². The summed E-state index contributed by atoms with van der Waals surface area (Å²) < 4.78 is 5.40. The Kier molecular flexibility index (Phi) is 8.30. The number of morpholine rings is 1. The van der Waals surface area contributed by atoms with Crippen LogP contribution in [0, 0.1) is 6.92 Å². The number of ether oxygens (including phenoxy) is 1. The van der Waals surface area contributed by atoms with Gasteiger partial charge in [-0.3, -0.25) is 14.7 Å². The van der Waals surface area contributed by atoms with E-state index in [1.54, 1.807) is 30.6 Å². The normalized spacial score (nSPS) is 13.9. The molecule has 8 nitrogen and oxygen atoms in total. The summed E-state index contributed by atoms with van der Waals surface area (Å²) in [4.78, 5) is 24.2. The average molecular weight is 481 g/mol. The number of carbonyl (C=O) groups excluding carboxylic acids is 1. The van der Waals surface area contributed by atoms with Gasteiger partial charge in [-0.05, 0) is 60.5 Å². The number of rotatable bonds is 9. The summed E-state index contributed by atoms with van der Waals surface area (Å²) in [5.74, 6) is 0.979. The first-order valence-electron chi connectivity index (χ1n) is 11.3. The van der Waals surface area contributed by atoms with Crippen LogP contribution in [0.25, 0.3) is 0 Å². The second-order valence-corrected chi connectivity index (χ2v) is 8.51. The molecular formula is C25H29ClN6O2. The van der Waals surface area contributed by atoms with Crippen LogP contribution in [-0.4, -0.2) is 60.2 Å². The highest BCUT2D eigenvalue weighted by Gasteiger charge is 2.15. The molecule has 9 heteroatoms. The van der Waals surface area contributed by atoms with Gasteiger partial charge in [0.05, 0.1) is 18.8 Å². The van der Waals surface area contributed by atoms with Crippen molar-refractivity contribution in [3.05, 3.63) is 76.6 Å². The highest BCUT2D eigenvalue weighted by molar-refractivity contribution is 6.31. The molecule has 0 atom stereocenters. The Morgan fingerprint density at radius 3 is 2.65 bits per heavy atom. The Hall–Kier alpha value is -3.20. The van der Waals surface area contributed by atoms with Crippen molar-refractivity contribution in [3.8, 4) is 0 Å². The van der Waals surface area contributed by atoms with E-state index < -0.39 is 0 Å². The predicted molar refractivity (Wildman–Crippen MR) is 136 cm³/mol. The van der Waals surface area contributed by atoms with Crippen LogP contribution in [0.3, 0.4) is 0 Å². The Morgan fingerprint density at radius 1 is 1.09 bits per heavy atom. The lowest BCUT2D eigenvalue weighted by Gasteiger charge is -2.26. The number of nitrogens with one attached hydrogen (secondary N) is 3. The summed E-state index contributed by atoms with van der Waals surface area (Å²) >= 11 is 6.11. The maximum Gasteiger partial charge on any atom is 0.259 e. The second kappa shape index (κ2) is 11.8. The molecule has 1 amide bonds. The van der Waals surface area contributed by atoms with Crippen LogP contribution in [0.4, 0.5) is 17.3 Å². The average Bonchev–Trinajstić information content (AvgIpc) is 2.86. The minimum absolute atomic E-state index is 0.244. The Labute approximate surface area is 204 Å². The van der Waals surface area contributed by atoms with Crippen molar-refractivity contribution in [1.82, 2.24) is 14.9 Å². The molecule has 3 heterocycles. The van der Waals surface area contributed by atoms with Gasteiger partial charge in [0.2, 0.25) is 0 Å². The van der Waals surface area contributed by atoms with Crippen molar-refractivity contribution in [1.29, 1.82) is 0 Å². The van der Waals surface area contributed by atoms with E-state index in [2.05, 4.69) is 25.8 Å². The number of aromatic nitrogens is 2. The zero-order chi connectivity index (χ0) is 23.8. The molecule has 0 aliphatic carbocycles. The fourth-order valence-corrected chi connectivity index (χ4v) is 3.77. The zero-order valence-electron chi connectivity index (χ0n) is 19.2. The van der Waals surface area contributed by atoms with Gasteiger partial charge in [-0.2, -0.15) is 0 Å². The first-order valence-corrected chi connectivity index (χ1v) is 11.7. The van der Waals surface area contributed by atoms with Crippen LogP contribution < -0.4 is 16.0 Å². The van der Waals surface area contributed by atoms with Crippen LogP contribution in [0.5, 0.6) is 0 Å².